The van der Waals surface area contributed by atoms with Crippen molar-refractivity contribution in [2.75, 3.05) is 5.32 Å². The summed E-state index contributed by atoms with van der Waals surface area (Å²) in [5.74, 6) is -0.0632. The Morgan fingerprint density at radius 1 is 1.18 bits per heavy atom. The predicted octanol–water partition coefficient (Wildman–Crippen LogP) is 5.10. The van der Waals surface area contributed by atoms with E-state index in [4.69, 9.17) is 4.42 Å². The summed E-state index contributed by atoms with van der Waals surface area (Å²) < 4.78 is 6.78. The molecule has 0 radical (unpaired) electrons. The van der Waals surface area contributed by atoms with E-state index < -0.39 is 0 Å². The first kappa shape index (κ1) is 15.5. The summed E-state index contributed by atoms with van der Waals surface area (Å²) in [5.41, 5.74) is 1.19. The van der Waals surface area contributed by atoms with Crippen molar-refractivity contribution in [3.05, 3.63) is 67.9 Å². The third-order valence-electron chi connectivity index (χ3n) is 2.86. The summed E-state index contributed by atoms with van der Waals surface area (Å²) in [5, 5.41) is 3.29. The average Bonchev–Trinajstić information content (AvgIpc) is 3.11. The van der Waals surface area contributed by atoms with Crippen molar-refractivity contribution in [1.82, 2.24) is 4.98 Å². The van der Waals surface area contributed by atoms with Gasteiger partial charge < -0.3 is 4.42 Å². The van der Waals surface area contributed by atoms with E-state index in [1.165, 1.54) is 16.9 Å². The van der Waals surface area contributed by atoms with Crippen LogP contribution >= 0.6 is 43.2 Å². The number of furan rings is 1. The van der Waals surface area contributed by atoms with Gasteiger partial charge in [0.1, 0.15) is 0 Å². The number of rotatable bonds is 4. The van der Waals surface area contributed by atoms with Crippen molar-refractivity contribution in [3.63, 3.8) is 0 Å². The van der Waals surface area contributed by atoms with Crippen molar-refractivity contribution in [1.29, 1.82) is 0 Å². The number of amides is 1. The Kier molecular flexibility index (Phi) is 4.75. The lowest BCUT2D eigenvalue weighted by Gasteiger charge is -1.99. The average molecular weight is 442 g/mol. The fraction of sp³-hybridized carbons (Fsp3) is 0.0667. The lowest BCUT2D eigenvalue weighted by Crippen LogP contribution is -2.10. The SMILES string of the molecule is O=C(Nc1ncc(Cc2ccc(Br)cc2)s1)c1ccc(Br)o1. The van der Waals surface area contributed by atoms with Crippen molar-refractivity contribution < 1.29 is 9.21 Å². The summed E-state index contributed by atoms with van der Waals surface area (Å²) >= 11 is 8.04. The largest absolute Gasteiger partial charge is 0.444 e. The highest BCUT2D eigenvalue weighted by Crippen LogP contribution is 2.23. The number of carbonyl (C=O) groups excluding carboxylic acids is 1. The molecule has 22 heavy (non-hydrogen) atoms. The van der Waals surface area contributed by atoms with E-state index in [1.807, 2.05) is 12.1 Å². The zero-order chi connectivity index (χ0) is 15.5. The molecule has 0 aliphatic rings. The zero-order valence-corrected chi connectivity index (χ0v) is 15.2. The molecule has 0 atom stereocenters. The molecule has 0 saturated carbocycles. The minimum atomic E-state index is -0.310. The van der Waals surface area contributed by atoms with Crippen molar-refractivity contribution in [2.24, 2.45) is 0 Å². The highest BCUT2D eigenvalue weighted by molar-refractivity contribution is 9.10. The number of hydrogen-bond acceptors (Lipinski definition) is 4. The smallest absolute Gasteiger partial charge is 0.293 e. The molecule has 7 heteroatoms. The number of halogens is 2. The third kappa shape index (κ3) is 3.85. The number of carbonyl (C=O) groups is 1. The van der Waals surface area contributed by atoms with Gasteiger partial charge in [-0.3, -0.25) is 10.1 Å². The molecule has 0 saturated heterocycles. The first-order valence-corrected chi connectivity index (χ1v) is 8.76. The van der Waals surface area contributed by atoms with Gasteiger partial charge >= 0.3 is 0 Å². The molecular weight excluding hydrogens is 432 g/mol. The molecule has 0 unspecified atom stereocenters. The molecule has 1 N–H and O–H groups in total. The molecular formula is C15H10Br2N2O2S. The minimum Gasteiger partial charge on any atom is -0.444 e. The topological polar surface area (TPSA) is 55.1 Å². The molecule has 4 nitrogen and oxygen atoms in total. The summed E-state index contributed by atoms with van der Waals surface area (Å²) in [6.07, 6.45) is 2.56. The van der Waals surface area contributed by atoms with Crippen LogP contribution in [0.1, 0.15) is 21.0 Å². The van der Waals surface area contributed by atoms with Gasteiger partial charge in [0.05, 0.1) is 0 Å². The number of hydrogen-bond donors (Lipinski definition) is 1. The van der Waals surface area contributed by atoms with Crippen molar-refractivity contribution >= 4 is 54.2 Å². The van der Waals surface area contributed by atoms with Crippen LogP contribution in [0.3, 0.4) is 0 Å². The number of nitrogens with zero attached hydrogens (tertiary/aromatic N) is 1. The third-order valence-corrected chi connectivity index (χ3v) is 4.73. The van der Waals surface area contributed by atoms with Crippen molar-refractivity contribution in [3.8, 4) is 0 Å². The second-order valence-corrected chi connectivity index (χ2v) is 7.31. The van der Waals surface area contributed by atoms with Crippen LogP contribution in [0.5, 0.6) is 0 Å². The van der Waals surface area contributed by atoms with Crippen LogP contribution in [0.2, 0.25) is 0 Å². The summed E-state index contributed by atoms with van der Waals surface area (Å²) in [7, 11) is 0. The molecule has 3 aromatic rings. The van der Waals surface area contributed by atoms with E-state index in [1.54, 1.807) is 18.3 Å². The summed E-state index contributed by atoms with van der Waals surface area (Å²) in [6, 6.07) is 11.4. The highest BCUT2D eigenvalue weighted by atomic mass is 79.9. The Hall–Kier alpha value is -1.44. The van der Waals surface area contributed by atoms with Gasteiger partial charge in [-0.25, -0.2) is 4.98 Å². The van der Waals surface area contributed by atoms with E-state index in [2.05, 4.69) is 54.3 Å². The standard InChI is InChI=1S/C15H10Br2N2O2S/c16-10-3-1-9(2-4-10)7-11-8-18-15(22-11)19-14(20)12-5-6-13(17)21-12/h1-6,8H,7H2,(H,18,19,20). The Labute approximate surface area is 147 Å². The Morgan fingerprint density at radius 2 is 1.95 bits per heavy atom. The molecule has 1 aromatic carbocycles. The lowest BCUT2D eigenvalue weighted by atomic mass is 10.1. The molecule has 112 valence electrons. The first-order valence-electron chi connectivity index (χ1n) is 6.36. The maximum Gasteiger partial charge on any atom is 0.293 e. The molecule has 1 amide bonds. The molecule has 0 aliphatic carbocycles. The molecule has 3 rings (SSSR count). The van der Waals surface area contributed by atoms with Crippen LogP contribution in [-0.2, 0) is 6.42 Å². The van der Waals surface area contributed by atoms with E-state index in [0.29, 0.717) is 9.80 Å². The molecule has 2 aromatic heterocycles. The van der Waals surface area contributed by atoms with Crippen LogP contribution in [0.4, 0.5) is 5.13 Å². The van der Waals surface area contributed by atoms with E-state index in [-0.39, 0.29) is 11.7 Å². The Bertz CT molecular complexity index is 796. The number of benzene rings is 1. The van der Waals surface area contributed by atoms with Crippen LogP contribution < -0.4 is 5.32 Å². The van der Waals surface area contributed by atoms with Gasteiger partial charge in [0, 0.05) is 22.0 Å². The molecule has 0 fully saturated rings. The Balaban J connectivity index is 1.66. The monoisotopic (exact) mass is 440 g/mol. The van der Waals surface area contributed by atoms with Gasteiger partial charge in [-0.2, -0.15) is 0 Å². The van der Waals surface area contributed by atoms with E-state index >= 15 is 0 Å². The van der Waals surface area contributed by atoms with Crippen LogP contribution in [-0.4, -0.2) is 10.9 Å². The maximum atomic E-state index is 12.0. The Morgan fingerprint density at radius 3 is 2.64 bits per heavy atom. The maximum absolute atomic E-state index is 12.0. The fourth-order valence-electron chi connectivity index (χ4n) is 1.85. The van der Waals surface area contributed by atoms with Gasteiger partial charge in [0.15, 0.2) is 15.6 Å². The van der Waals surface area contributed by atoms with Gasteiger partial charge in [-0.15, -0.1) is 11.3 Å². The number of nitrogens with one attached hydrogen (secondary N) is 1. The normalized spacial score (nSPS) is 10.6. The quantitative estimate of drug-likeness (QED) is 0.612. The minimum absolute atomic E-state index is 0.247. The second kappa shape index (κ2) is 6.76. The molecule has 2 heterocycles. The van der Waals surface area contributed by atoms with Gasteiger partial charge in [0.2, 0.25) is 0 Å². The first-order chi connectivity index (χ1) is 10.6. The van der Waals surface area contributed by atoms with E-state index in [9.17, 15) is 4.79 Å². The van der Waals surface area contributed by atoms with Crippen LogP contribution in [0.15, 0.2) is 56.2 Å². The number of anilines is 1. The number of thiazole rings is 1. The predicted molar refractivity (Wildman–Crippen MR) is 93.4 cm³/mol. The van der Waals surface area contributed by atoms with Crippen LogP contribution in [0, 0.1) is 0 Å². The van der Waals surface area contributed by atoms with Gasteiger partial charge in [0.25, 0.3) is 5.91 Å². The summed E-state index contributed by atoms with van der Waals surface area (Å²) in [6.45, 7) is 0. The number of aromatic nitrogens is 1. The van der Waals surface area contributed by atoms with Crippen LogP contribution in [0.25, 0.3) is 0 Å². The molecule has 0 spiro atoms. The van der Waals surface area contributed by atoms with Gasteiger partial charge in [-0.05, 0) is 45.8 Å². The van der Waals surface area contributed by atoms with E-state index in [0.717, 1.165) is 15.8 Å². The lowest BCUT2D eigenvalue weighted by molar-refractivity contribution is 0.0995. The van der Waals surface area contributed by atoms with Crippen molar-refractivity contribution in [2.45, 2.75) is 6.42 Å². The summed E-state index contributed by atoms with van der Waals surface area (Å²) in [4.78, 5) is 17.3. The zero-order valence-electron chi connectivity index (χ0n) is 11.2. The second-order valence-electron chi connectivity index (χ2n) is 4.49. The fourth-order valence-corrected chi connectivity index (χ4v) is 3.26. The molecule has 0 bridgehead atoms. The van der Waals surface area contributed by atoms with Gasteiger partial charge in [-0.1, -0.05) is 28.1 Å². The highest BCUT2D eigenvalue weighted by Gasteiger charge is 2.13. The molecule has 0 aliphatic heterocycles.